The summed E-state index contributed by atoms with van der Waals surface area (Å²) in [7, 11) is 1.43. The first kappa shape index (κ1) is 16.7. The van der Waals surface area contributed by atoms with Gasteiger partial charge in [0.2, 0.25) is 11.7 Å². The second kappa shape index (κ2) is 7.17. The molecule has 0 spiro atoms. The van der Waals surface area contributed by atoms with Gasteiger partial charge >= 0.3 is 5.56 Å². The molecule has 128 valence electrons. The third-order valence-corrected chi connectivity index (χ3v) is 3.83. The fourth-order valence-corrected chi connectivity index (χ4v) is 2.46. The number of nitrogens with zero attached hydrogens (tertiary/aromatic N) is 2. The lowest BCUT2D eigenvalue weighted by molar-refractivity contribution is 0.402. The number of benzene rings is 2. The van der Waals surface area contributed by atoms with Crippen LogP contribution in [0, 0.1) is 12.7 Å². The number of nitrogens with one attached hydrogen (secondary N) is 1. The van der Waals surface area contributed by atoms with Crippen LogP contribution in [-0.4, -0.2) is 16.7 Å². The molecule has 2 aromatic carbocycles. The summed E-state index contributed by atoms with van der Waals surface area (Å²) in [5.41, 5.74) is 1.95. The van der Waals surface area contributed by atoms with Crippen molar-refractivity contribution in [3.63, 3.8) is 0 Å². The second-order valence-corrected chi connectivity index (χ2v) is 5.64. The lowest BCUT2D eigenvalue weighted by atomic mass is 10.2. The van der Waals surface area contributed by atoms with Crippen LogP contribution >= 0.6 is 0 Å². The van der Waals surface area contributed by atoms with Crippen molar-refractivity contribution in [1.82, 2.24) is 9.55 Å². The SMILES string of the molecule is COc1cn(Cc2ccccc2)c(Nc2cc(F)ccc2C)nc1=O. The molecule has 0 amide bonds. The summed E-state index contributed by atoms with van der Waals surface area (Å²) >= 11 is 0. The number of halogens is 1. The van der Waals surface area contributed by atoms with Gasteiger partial charge < -0.3 is 14.6 Å². The Bertz CT molecular complexity index is 939. The first-order chi connectivity index (χ1) is 12.1. The monoisotopic (exact) mass is 339 g/mol. The van der Waals surface area contributed by atoms with Crippen molar-refractivity contribution >= 4 is 11.6 Å². The van der Waals surface area contributed by atoms with E-state index in [9.17, 15) is 9.18 Å². The summed E-state index contributed by atoms with van der Waals surface area (Å²) in [5, 5.41) is 3.05. The van der Waals surface area contributed by atoms with Crippen molar-refractivity contribution in [3.05, 3.63) is 82.0 Å². The quantitative estimate of drug-likeness (QED) is 0.773. The Morgan fingerprint density at radius 2 is 1.96 bits per heavy atom. The highest BCUT2D eigenvalue weighted by atomic mass is 19.1. The summed E-state index contributed by atoms with van der Waals surface area (Å²) in [6.45, 7) is 2.34. The molecule has 0 bridgehead atoms. The maximum absolute atomic E-state index is 13.5. The first-order valence-corrected chi connectivity index (χ1v) is 7.79. The highest BCUT2D eigenvalue weighted by Gasteiger charge is 2.11. The second-order valence-electron chi connectivity index (χ2n) is 5.64. The molecule has 0 saturated heterocycles. The third-order valence-electron chi connectivity index (χ3n) is 3.83. The molecule has 1 N–H and O–H groups in total. The molecule has 1 heterocycles. The average molecular weight is 339 g/mol. The topological polar surface area (TPSA) is 56.1 Å². The minimum atomic E-state index is -0.483. The Morgan fingerprint density at radius 1 is 1.20 bits per heavy atom. The Labute approximate surface area is 144 Å². The zero-order valence-electron chi connectivity index (χ0n) is 14.0. The Kier molecular flexibility index (Phi) is 4.79. The Hall–Kier alpha value is -3.15. The van der Waals surface area contributed by atoms with E-state index in [2.05, 4.69) is 10.3 Å². The number of anilines is 2. The number of methoxy groups -OCH3 is 1. The van der Waals surface area contributed by atoms with E-state index in [4.69, 9.17) is 4.74 Å². The maximum Gasteiger partial charge on any atom is 0.316 e. The minimum Gasteiger partial charge on any atom is -0.490 e. The van der Waals surface area contributed by atoms with Gasteiger partial charge in [0.25, 0.3) is 0 Å². The van der Waals surface area contributed by atoms with Crippen molar-refractivity contribution in [3.8, 4) is 5.75 Å². The lowest BCUT2D eigenvalue weighted by Crippen LogP contribution is -2.19. The first-order valence-electron chi connectivity index (χ1n) is 7.79. The van der Waals surface area contributed by atoms with Gasteiger partial charge in [0.05, 0.1) is 19.9 Å². The summed E-state index contributed by atoms with van der Waals surface area (Å²) in [6, 6.07) is 14.2. The Morgan fingerprint density at radius 3 is 2.68 bits per heavy atom. The molecule has 0 unspecified atom stereocenters. The highest BCUT2D eigenvalue weighted by Crippen LogP contribution is 2.21. The molecule has 3 aromatic rings. The standard InChI is InChI=1S/C19H18FN3O2/c1-13-8-9-15(20)10-16(13)21-19-22-18(24)17(25-2)12-23(19)11-14-6-4-3-5-7-14/h3-10,12H,11H2,1-2H3,(H,21,22,24). The van der Waals surface area contributed by atoms with E-state index in [0.29, 0.717) is 18.2 Å². The molecule has 0 aliphatic rings. The summed E-state index contributed by atoms with van der Waals surface area (Å²) in [5.74, 6) is 0.111. The van der Waals surface area contributed by atoms with Crippen LogP contribution in [0.1, 0.15) is 11.1 Å². The molecule has 1 aromatic heterocycles. The van der Waals surface area contributed by atoms with Crippen LogP contribution < -0.4 is 15.6 Å². The zero-order valence-corrected chi connectivity index (χ0v) is 14.0. The van der Waals surface area contributed by atoms with Crippen LogP contribution in [0.25, 0.3) is 0 Å². The zero-order chi connectivity index (χ0) is 17.8. The van der Waals surface area contributed by atoms with E-state index in [-0.39, 0.29) is 11.6 Å². The predicted molar refractivity (Wildman–Crippen MR) is 95.0 cm³/mol. The van der Waals surface area contributed by atoms with Crippen molar-refractivity contribution in [2.75, 3.05) is 12.4 Å². The normalized spacial score (nSPS) is 10.5. The maximum atomic E-state index is 13.5. The smallest absolute Gasteiger partial charge is 0.316 e. The van der Waals surface area contributed by atoms with Gasteiger partial charge in [-0.2, -0.15) is 4.98 Å². The summed E-state index contributed by atoms with van der Waals surface area (Å²) in [4.78, 5) is 16.1. The number of hydrogen-bond acceptors (Lipinski definition) is 4. The van der Waals surface area contributed by atoms with Crippen LogP contribution in [0.15, 0.2) is 59.5 Å². The van der Waals surface area contributed by atoms with Gasteiger partial charge in [-0.15, -0.1) is 0 Å². The molecule has 0 radical (unpaired) electrons. The van der Waals surface area contributed by atoms with Crippen molar-refractivity contribution in [2.24, 2.45) is 0 Å². The fraction of sp³-hybridized carbons (Fsp3) is 0.158. The van der Waals surface area contributed by atoms with Crippen LogP contribution in [0.2, 0.25) is 0 Å². The van der Waals surface area contributed by atoms with E-state index in [1.165, 1.54) is 19.2 Å². The number of aromatic nitrogens is 2. The molecule has 0 saturated carbocycles. The molecule has 0 aliphatic heterocycles. The molecule has 0 aliphatic carbocycles. The van der Waals surface area contributed by atoms with E-state index in [1.54, 1.807) is 16.8 Å². The van der Waals surface area contributed by atoms with E-state index in [0.717, 1.165) is 11.1 Å². The largest absolute Gasteiger partial charge is 0.490 e. The molecule has 0 fully saturated rings. The highest BCUT2D eigenvalue weighted by molar-refractivity contribution is 5.58. The van der Waals surface area contributed by atoms with Crippen molar-refractivity contribution in [1.29, 1.82) is 0 Å². The van der Waals surface area contributed by atoms with Gasteiger partial charge in [0, 0.05) is 5.69 Å². The van der Waals surface area contributed by atoms with E-state index < -0.39 is 5.56 Å². The van der Waals surface area contributed by atoms with Crippen molar-refractivity contribution in [2.45, 2.75) is 13.5 Å². The fourth-order valence-electron chi connectivity index (χ4n) is 2.46. The molecule has 5 nitrogen and oxygen atoms in total. The average Bonchev–Trinajstić information content (AvgIpc) is 2.61. The number of hydrogen-bond donors (Lipinski definition) is 1. The number of aryl methyl sites for hydroxylation is 1. The molecule has 0 atom stereocenters. The molecule has 25 heavy (non-hydrogen) atoms. The molecular weight excluding hydrogens is 321 g/mol. The van der Waals surface area contributed by atoms with Gasteiger partial charge in [-0.3, -0.25) is 4.79 Å². The molecular formula is C19H18FN3O2. The van der Waals surface area contributed by atoms with Crippen LogP contribution in [0.3, 0.4) is 0 Å². The van der Waals surface area contributed by atoms with Gasteiger partial charge in [-0.05, 0) is 30.2 Å². The van der Waals surface area contributed by atoms with Crippen LogP contribution in [0.5, 0.6) is 5.75 Å². The van der Waals surface area contributed by atoms with Gasteiger partial charge in [0.1, 0.15) is 5.82 Å². The minimum absolute atomic E-state index is 0.150. The predicted octanol–water partition coefficient (Wildman–Crippen LogP) is 3.49. The van der Waals surface area contributed by atoms with Gasteiger partial charge in [-0.1, -0.05) is 36.4 Å². The van der Waals surface area contributed by atoms with Crippen LogP contribution in [0.4, 0.5) is 16.0 Å². The van der Waals surface area contributed by atoms with Crippen molar-refractivity contribution < 1.29 is 9.13 Å². The van der Waals surface area contributed by atoms with E-state index >= 15 is 0 Å². The molecule has 3 rings (SSSR count). The molecule has 6 heteroatoms. The number of ether oxygens (including phenoxy) is 1. The Balaban J connectivity index is 2.03. The third kappa shape index (κ3) is 3.85. The van der Waals surface area contributed by atoms with Gasteiger partial charge in [0.15, 0.2) is 0 Å². The van der Waals surface area contributed by atoms with Crippen LogP contribution in [-0.2, 0) is 6.54 Å². The summed E-state index contributed by atoms with van der Waals surface area (Å²) in [6.07, 6.45) is 1.60. The lowest BCUT2D eigenvalue weighted by Gasteiger charge is -2.16. The number of rotatable bonds is 5. The van der Waals surface area contributed by atoms with E-state index in [1.807, 2.05) is 37.3 Å². The summed E-state index contributed by atoms with van der Waals surface area (Å²) < 4.78 is 20.4. The van der Waals surface area contributed by atoms with Gasteiger partial charge in [-0.25, -0.2) is 4.39 Å².